The van der Waals surface area contributed by atoms with E-state index in [2.05, 4.69) is 0 Å². The highest BCUT2D eigenvalue weighted by molar-refractivity contribution is 6.06. The molecule has 0 saturated carbocycles. The molecule has 3 nitrogen and oxygen atoms in total. The smallest absolute Gasteiger partial charge is 0.185 e. The van der Waals surface area contributed by atoms with Gasteiger partial charge in [0.25, 0.3) is 0 Å². The highest BCUT2D eigenvalue weighted by Crippen LogP contribution is 2.12. The number of carbonyl (C=O) groups excluding carboxylic acids is 1. The Hall–Kier alpha value is -2.86. The molecule has 2 aromatic carbocycles. The van der Waals surface area contributed by atoms with Gasteiger partial charge in [0, 0.05) is 5.56 Å². The minimum absolute atomic E-state index is 0.127. The maximum Gasteiger partial charge on any atom is 0.185 e. The first kappa shape index (κ1) is 12.6. The van der Waals surface area contributed by atoms with Crippen LogP contribution in [-0.2, 0) is 0 Å². The topological polar surface area (TPSA) is 61.1 Å². The zero-order valence-corrected chi connectivity index (χ0v) is 10.1. The number of nitrogens with zero attached hydrogens (tertiary/aromatic N) is 1. The lowest BCUT2D eigenvalue weighted by Crippen LogP contribution is -1.93. The van der Waals surface area contributed by atoms with Gasteiger partial charge in [-0.25, -0.2) is 0 Å². The van der Waals surface area contributed by atoms with Gasteiger partial charge in [-0.2, -0.15) is 5.26 Å². The number of hydrogen-bond donors (Lipinski definition) is 1. The van der Waals surface area contributed by atoms with Crippen LogP contribution in [0.4, 0.5) is 0 Å². The van der Waals surface area contributed by atoms with Crippen molar-refractivity contribution < 1.29 is 9.90 Å². The number of rotatable bonds is 3. The molecule has 3 heteroatoms. The van der Waals surface area contributed by atoms with Crippen molar-refractivity contribution in [2.75, 3.05) is 0 Å². The molecule has 0 heterocycles. The number of allylic oxidation sites excluding steroid dienone is 1. The predicted molar refractivity (Wildman–Crippen MR) is 72.6 cm³/mol. The molecule has 0 unspecified atom stereocenters. The summed E-state index contributed by atoms with van der Waals surface area (Å²) in [5.41, 5.74) is 1.90. The number of ketones is 1. The van der Waals surface area contributed by atoms with Crippen molar-refractivity contribution in [3.8, 4) is 11.8 Å². The van der Waals surface area contributed by atoms with Crippen LogP contribution in [0.3, 0.4) is 0 Å². The number of benzene rings is 2. The zero-order valence-electron chi connectivity index (χ0n) is 10.1. The van der Waals surface area contributed by atoms with E-state index in [-0.39, 0.29) is 11.5 Å². The van der Waals surface area contributed by atoms with Crippen molar-refractivity contribution in [1.82, 2.24) is 0 Å². The van der Waals surface area contributed by atoms with Crippen molar-refractivity contribution in [2.24, 2.45) is 0 Å². The van der Waals surface area contributed by atoms with Gasteiger partial charge in [-0.05, 0) is 48.0 Å². The predicted octanol–water partition coefficient (Wildman–Crippen LogP) is 3.16. The summed E-state index contributed by atoms with van der Waals surface area (Å²) in [5.74, 6) is 0.0631. The van der Waals surface area contributed by atoms with E-state index in [1.54, 1.807) is 54.6 Å². The van der Waals surface area contributed by atoms with Crippen LogP contribution in [0.1, 0.15) is 21.5 Å². The molecule has 19 heavy (non-hydrogen) atoms. The number of aromatic hydroxyl groups is 1. The first-order chi connectivity index (χ1) is 9.19. The van der Waals surface area contributed by atoms with E-state index in [1.807, 2.05) is 6.07 Å². The molecular formula is C16H11NO2. The third kappa shape index (κ3) is 3.30. The van der Waals surface area contributed by atoms with Crippen molar-refractivity contribution in [3.05, 3.63) is 71.3 Å². The molecule has 0 bridgehead atoms. The van der Waals surface area contributed by atoms with Crippen LogP contribution in [0.15, 0.2) is 54.6 Å². The van der Waals surface area contributed by atoms with Gasteiger partial charge in [0.05, 0.1) is 11.6 Å². The van der Waals surface area contributed by atoms with Crippen molar-refractivity contribution in [3.63, 3.8) is 0 Å². The molecule has 0 saturated heterocycles. The van der Waals surface area contributed by atoms with E-state index in [4.69, 9.17) is 10.4 Å². The van der Waals surface area contributed by atoms with Crippen molar-refractivity contribution >= 4 is 11.9 Å². The Morgan fingerprint density at radius 1 is 1.05 bits per heavy atom. The molecule has 2 aromatic rings. The van der Waals surface area contributed by atoms with E-state index < -0.39 is 0 Å². The van der Waals surface area contributed by atoms with E-state index in [0.29, 0.717) is 11.1 Å². The van der Waals surface area contributed by atoms with Crippen LogP contribution in [0.2, 0.25) is 0 Å². The quantitative estimate of drug-likeness (QED) is 0.671. The van der Waals surface area contributed by atoms with E-state index >= 15 is 0 Å². The van der Waals surface area contributed by atoms with Crippen LogP contribution in [0, 0.1) is 11.3 Å². The van der Waals surface area contributed by atoms with Crippen molar-refractivity contribution in [2.45, 2.75) is 0 Å². The highest BCUT2D eigenvalue weighted by atomic mass is 16.3. The number of phenolic OH excluding ortho intramolecular Hbond substituents is 1. The first-order valence-corrected chi connectivity index (χ1v) is 5.70. The van der Waals surface area contributed by atoms with Crippen LogP contribution < -0.4 is 0 Å². The molecule has 0 spiro atoms. The highest BCUT2D eigenvalue weighted by Gasteiger charge is 2.01. The van der Waals surface area contributed by atoms with Crippen LogP contribution in [-0.4, -0.2) is 10.9 Å². The summed E-state index contributed by atoms with van der Waals surface area (Å²) >= 11 is 0. The van der Waals surface area contributed by atoms with Crippen LogP contribution >= 0.6 is 0 Å². The Kier molecular flexibility index (Phi) is 3.75. The lowest BCUT2D eigenvalue weighted by molar-refractivity contribution is 0.104. The second-order valence-electron chi connectivity index (χ2n) is 3.98. The minimum Gasteiger partial charge on any atom is -0.508 e. The molecule has 0 aliphatic heterocycles. The van der Waals surface area contributed by atoms with Crippen LogP contribution in [0.25, 0.3) is 6.08 Å². The maximum absolute atomic E-state index is 11.9. The third-order valence-electron chi connectivity index (χ3n) is 2.62. The van der Waals surface area contributed by atoms with E-state index in [1.165, 1.54) is 6.08 Å². The number of nitriles is 1. The summed E-state index contributed by atoms with van der Waals surface area (Å²) in [6.45, 7) is 0. The summed E-state index contributed by atoms with van der Waals surface area (Å²) < 4.78 is 0. The summed E-state index contributed by atoms with van der Waals surface area (Å²) in [6.07, 6.45) is 3.15. The lowest BCUT2D eigenvalue weighted by atomic mass is 10.1. The Morgan fingerprint density at radius 3 is 2.26 bits per heavy atom. The van der Waals surface area contributed by atoms with Gasteiger partial charge in [-0.3, -0.25) is 4.79 Å². The van der Waals surface area contributed by atoms with E-state index in [9.17, 15) is 4.79 Å². The fourth-order valence-corrected chi connectivity index (χ4v) is 1.56. The second-order valence-corrected chi connectivity index (χ2v) is 3.98. The molecule has 92 valence electrons. The first-order valence-electron chi connectivity index (χ1n) is 5.70. The fraction of sp³-hybridized carbons (Fsp3) is 0. The Balaban J connectivity index is 2.12. The van der Waals surface area contributed by atoms with Gasteiger partial charge in [0.15, 0.2) is 5.78 Å². The molecule has 0 atom stereocenters. The Bertz CT molecular complexity index is 647. The normalized spacial score (nSPS) is 10.3. The molecule has 0 aliphatic carbocycles. The van der Waals surface area contributed by atoms with Gasteiger partial charge in [0.2, 0.25) is 0 Å². The zero-order chi connectivity index (χ0) is 13.7. The molecular weight excluding hydrogens is 238 g/mol. The largest absolute Gasteiger partial charge is 0.508 e. The average molecular weight is 249 g/mol. The average Bonchev–Trinajstić information content (AvgIpc) is 2.46. The standard InChI is InChI=1S/C16H11NO2/c17-11-13-1-6-14(7-2-13)16(19)10-5-12-3-8-15(18)9-4-12/h1-10,18H. The molecule has 0 fully saturated rings. The maximum atomic E-state index is 11.9. The van der Waals surface area contributed by atoms with Crippen LogP contribution in [0.5, 0.6) is 5.75 Å². The number of phenols is 1. The monoisotopic (exact) mass is 249 g/mol. The second kappa shape index (κ2) is 5.65. The SMILES string of the molecule is N#Cc1ccc(C(=O)C=Cc2ccc(O)cc2)cc1. The van der Waals surface area contributed by atoms with Gasteiger partial charge in [0.1, 0.15) is 5.75 Å². The van der Waals surface area contributed by atoms with Gasteiger partial charge >= 0.3 is 0 Å². The van der Waals surface area contributed by atoms with Gasteiger partial charge in [-0.1, -0.05) is 18.2 Å². The summed E-state index contributed by atoms with van der Waals surface area (Å²) in [4.78, 5) is 11.9. The molecule has 2 rings (SSSR count). The molecule has 0 amide bonds. The van der Waals surface area contributed by atoms with Gasteiger partial charge in [-0.15, -0.1) is 0 Å². The molecule has 0 aromatic heterocycles. The summed E-state index contributed by atoms with van der Waals surface area (Å²) in [6, 6.07) is 15.0. The Morgan fingerprint density at radius 2 is 1.68 bits per heavy atom. The fourth-order valence-electron chi connectivity index (χ4n) is 1.56. The Labute approximate surface area is 111 Å². The number of hydrogen-bond acceptors (Lipinski definition) is 3. The molecule has 0 aliphatic rings. The summed E-state index contributed by atoms with van der Waals surface area (Å²) in [7, 11) is 0. The summed E-state index contributed by atoms with van der Waals surface area (Å²) in [5, 5.41) is 17.8. The minimum atomic E-state index is -0.127. The van der Waals surface area contributed by atoms with Gasteiger partial charge < -0.3 is 5.11 Å². The molecule has 0 radical (unpaired) electrons. The van der Waals surface area contributed by atoms with Crippen molar-refractivity contribution in [1.29, 1.82) is 5.26 Å². The molecule has 1 N–H and O–H groups in total. The lowest BCUT2D eigenvalue weighted by Gasteiger charge is -1.96. The third-order valence-corrected chi connectivity index (χ3v) is 2.62. The van der Waals surface area contributed by atoms with E-state index in [0.717, 1.165) is 5.56 Å². The number of carbonyl (C=O) groups is 1.